The molecule has 204 valence electrons. The first-order chi connectivity index (χ1) is 18.8. The number of rotatable bonds is 10. The summed E-state index contributed by atoms with van der Waals surface area (Å²) in [5.74, 6) is 1.29. The standard InChI is InChI=1S/C35H40O4/c1-5-26-16-24(17-27(6-2)34(26)38)20-30-14-22(9-11-32(30)36)13-23-10-12-33(37)31(15-23)21-25-18-28(7-3)35(39)29(8-4)19-25/h9-12,14-19,36-39H,5-8,13,20-21H2,1-4H3. The topological polar surface area (TPSA) is 80.9 Å². The van der Waals surface area contributed by atoms with E-state index in [0.717, 1.165) is 81.3 Å². The van der Waals surface area contributed by atoms with Gasteiger partial charge in [-0.25, -0.2) is 0 Å². The quantitative estimate of drug-likeness (QED) is 0.173. The SMILES string of the molecule is CCc1cc(Cc2cc(Cc3ccc(O)c(Cc4cc(CC)c(O)c(CC)c4)c3)ccc2O)cc(CC)c1O. The summed E-state index contributed by atoms with van der Waals surface area (Å²) < 4.78 is 0. The van der Waals surface area contributed by atoms with Gasteiger partial charge in [0.15, 0.2) is 0 Å². The molecular formula is C35H40O4. The number of phenols is 4. The first-order valence-electron chi connectivity index (χ1n) is 14.0. The predicted molar refractivity (Wildman–Crippen MR) is 158 cm³/mol. The van der Waals surface area contributed by atoms with E-state index in [1.807, 2.05) is 76.2 Å². The lowest BCUT2D eigenvalue weighted by atomic mass is 9.93. The maximum absolute atomic E-state index is 10.6. The number of hydrogen-bond acceptors (Lipinski definition) is 4. The molecule has 4 aromatic rings. The van der Waals surface area contributed by atoms with Crippen molar-refractivity contribution < 1.29 is 20.4 Å². The van der Waals surface area contributed by atoms with Gasteiger partial charge in [-0.3, -0.25) is 0 Å². The average molecular weight is 525 g/mol. The van der Waals surface area contributed by atoms with E-state index in [1.165, 1.54) is 0 Å². The van der Waals surface area contributed by atoms with Gasteiger partial charge in [0, 0.05) is 12.8 Å². The van der Waals surface area contributed by atoms with Gasteiger partial charge < -0.3 is 20.4 Å². The third-order valence-electron chi connectivity index (χ3n) is 7.66. The van der Waals surface area contributed by atoms with E-state index >= 15 is 0 Å². The fourth-order valence-corrected chi connectivity index (χ4v) is 5.40. The Morgan fingerprint density at radius 1 is 0.385 bits per heavy atom. The highest BCUT2D eigenvalue weighted by molar-refractivity contribution is 5.49. The van der Waals surface area contributed by atoms with E-state index in [0.29, 0.717) is 30.8 Å². The zero-order valence-electron chi connectivity index (χ0n) is 23.5. The lowest BCUT2D eigenvalue weighted by Crippen LogP contribution is -1.98. The molecule has 0 amide bonds. The van der Waals surface area contributed by atoms with Crippen LogP contribution in [0.5, 0.6) is 23.0 Å². The molecule has 0 radical (unpaired) electrons. The highest BCUT2D eigenvalue weighted by atomic mass is 16.3. The summed E-state index contributed by atoms with van der Waals surface area (Å²) in [4.78, 5) is 0. The van der Waals surface area contributed by atoms with Gasteiger partial charge in [-0.05, 0) is 99.9 Å². The van der Waals surface area contributed by atoms with Crippen molar-refractivity contribution in [3.05, 3.63) is 116 Å². The molecule has 0 saturated carbocycles. The zero-order chi connectivity index (χ0) is 28.1. The third-order valence-corrected chi connectivity index (χ3v) is 7.66. The van der Waals surface area contributed by atoms with E-state index in [2.05, 4.69) is 0 Å². The van der Waals surface area contributed by atoms with Crippen LogP contribution in [0.3, 0.4) is 0 Å². The van der Waals surface area contributed by atoms with Crippen LogP contribution in [-0.2, 0) is 44.9 Å². The van der Waals surface area contributed by atoms with Crippen molar-refractivity contribution in [3.8, 4) is 23.0 Å². The molecular weight excluding hydrogens is 484 g/mol. The fraction of sp³-hybridized carbons (Fsp3) is 0.314. The van der Waals surface area contributed by atoms with Crippen LogP contribution < -0.4 is 0 Å². The van der Waals surface area contributed by atoms with Gasteiger partial charge in [-0.2, -0.15) is 0 Å². The molecule has 0 aliphatic carbocycles. The van der Waals surface area contributed by atoms with Crippen molar-refractivity contribution in [2.75, 3.05) is 0 Å². The highest BCUT2D eigenvalue weighted by Gasteiger charge is 2.13. The van der Waals surface area contributed by atoms with Gasteiger partial charge >= 0.3 is 0 Å². The van der Waals surface area contributed by atoms with Crippen LogP contribution in [0.15, 0.2) is 60.7 Å². The summed E-state index contributed by atoms with van der Waals surface area (Å²) in [6.45, 7) is 8.15. The van der Waals surface area contributed by atoms with Crippen molar-refractivity contribution in [2.24, 2.45) is 0 Å². The molecule has 0 aromatic heterocycles. The van der Waals surface area contributed by atoms with E-state index in [-0.39, 0.29) is 11.5 Å². The van der Waals surface area contributed by atoms with Crippen LogP contribution in [0.25, 0.3) is 0 Å². The van der Waals surface area contributed by atoms with Crippen LogP contribution >= 0.6 is 0 Å². The molecule has 0 unspecified atom stereocenters. The smallest absolute Gasteiger partial charge is 0.121 e. The van der Waals surface area contributed by atoms with E-state index in [9.17, 15) is 20.4 Å². The van der Waals surface area contributed by atoms with Crippen molar-refractivity contribution in [3.63, 3.8) is 0 Å². The van der Waals surface area contributed by atoms with Crippen molar-refractivity contribution in [1.82, 2.24) is 0 Å². The molecule has 4 nitrogen and oxygen atoms in total. The largest absolute Gasteiger partial charge is 0.508 e. The Balaban J connectivity index is 1.58. The number of hydrogen-bond donors (Lipinski definition) is 4. The lowest BCUT2D eigenvalue weighted by molar-refractivity contribution is 0.461. The third kappa shape index (κ3) is 6.39. The maximum atomic E-state index is 10.6. The molecule has 0 heterocycles. The minimum Gasteiger partial charge on any atom is -0.508 e. The lowest BCUT2D eigenvalue weighted by Gasteiger charge is -2.14. The van der Waals surface area contributed by atoms with Gasteiger partial charge in [0.2, 0.25) is 0 Å². The molecule has 4 heteroatoms. The van der Waals surface area contributed by atoms with Gasteiger partial charge in [0.05, 0.1) is 0 Å². The van der Waals surface area contributed by atoms with E-state index < -0.39 is 0 Å². The van der Waals surface area contributed by atoms with Crippen LogP contribution in [0.1, 0.15) is 83.3 Å². The van der Waals surface area contributed by atoms with Gasteiger partial charge in [-0.1, -0.05) is 76.2 Å². The molecule has 0 aliphatic rings. The molecule has 4 aromatic carbocycles. The first-order valence-corrected chi connectivity index (χ1v) is 14.0. The average Bonchev–Trinajstić information content (AvgIpc) is 2.93. The van der Waals surface area contributed by atoms with Crippen LogP contribution in [-0.4, -0.2) is 20.4 Å². The number of aryl methyl sites for hydroxylation is 4. The Morgan fingerprint density at radius 3 is 1.00 bits per heavy atom. The Kier molecular flexibility index (Phi) is 8.86. The predicted octanol–water partition coefficient (Wildman–Crippen LogP) is 7.53. The molecule has 0 spiro atoms. The highest BCUT2D eigenvalue weighted by Crippen LogP contribution is 2.31. The Hall–Kier alpha value is -3.92. The minimum atomic E-state index is 0.264. The van der Waals surface area contributed by atoms with Crippen molar-refractivity contribution in [2.45, 2.75) is 72.6 Å². The second-order valence-electron chi connectivity index (χ2n) is 10.4. The van der Waals surface area contributed by atoms with E-state index in [4.69, 9.17) is 0 Å². The zero-order valence-corrected chi connectivity index (χ0v) is 23.5. The Bertz CT molecular complexity index is 1310. The van der Waals surface area contributed by atoms with Crippen LogP contribution in [0.2, 0.25) is 0 Å². The summed E-state index contributed by atoms with van der Waals surface area (Å²) >= 11 is 0. The number of phenolic OH excluding ortho intramolecular Hbond substituents is 4. The van der Waals surface area contributed by atoms with Crippen molar-refractivity contribution in [1.29, 1.82) is 0 Å². The Morgan fingerprint density at radius 2 is 0.692 bits per heavy atom. The van der Waals surface area contributed by atoms with Crippen molar-refractivity contribution >= 4 is 0 Å². The summed E-state index contributed by atoms with van der Waals surface area (Å²) in [7, 11) is 0. The Labute approximate surface area is 232 Å². The fourth-order valence-electron chi connectivity index (χ4n) is 5.40. The van der Waals surface area contributed by atoms with Crippen LogP contribution in [0.4, 0.5) is 0 Å². The second-order valence-corrected chi connectivity index (χ2v) is 10.4. The molecule has 4 rings (SSSR count). The first kappa shape index (κ1) is 28.1. The van der Waals surface area contributed by atoms with Crippen LogP contribution in [0, 0.1) is 0 Å². The normalized spacial score (nSPS) is 11.2. The number of aromatic hydroxyl groups is 4. The summed E-state index contributed by atoms with van der Waals surface area (Å²) in [6.07, 6.45) is 4.86. The molecule has 0 fully saturated rings. The molecule has 39 heavy (non-hydrogen) atoms. The maximum Gasteiger partial charge on any atom is 0.121 e. The number of benzene rings is 4. The molecule has 0 saturated heterocycles. The monoisotopic (exact) mass is 524 g/mol. The van der Waals surface area contributed by atoms with E-state index in [1.54, 1.807) is 12.1 Å². The summed E-state index contributed by atoms with van der Waals surface area (Å²) in [5.41, 5.74) is 9.75. The van der Waals surface area contributed by atoms with Gasteiger partial charge in [0.1, 0.15) is 23.0 Å². The summed E-state index contributed by atoms with van der Waals surface area (Å²) in [5, 5.41) is 42.2. The molecule has 4 N–H and O–H groups in total. The molecule has 0 bridgehead atoms. The summed E-state index contributed by atoms with van der Waals surface area (Å²) in [6, 6.07) is 19.6. The molecule has 0 aliphatic heterocycles. The minimum absolute atomic E-state index is 0.264. The second kappa shape index (κ2) is 12.3. The molecule has 0 atom stereocenters. The van der Waals surface area contributed by atoms with Gasteiger partial charge in [-0.15, -0.1) is 0 Å². The van der Waals surface area contributed by atoms with Gasteiger partial charge in [0.25, 0.3) is 0 Å².